The van der Waals surface area contributed by atoms with Crippen molar-refractivity contribution in [3.05, 3.63) is 54.1 Å². The first-order valence-corrected chi connectivity index (χ1v) is 13.0. The van der Waals surface area contributed by atoms with Crippen molar-refractivity contribution in [1.29, 1.82) is 0 Å². The van der Waals surface area contributed by atoms with Gasteiger partial charge in [0.1, 0.15) is 0 Å². The van der Waals surface area contributed by atoms with Crippen LogP contribution >= 0.6 is 11.3 Å². The number of rotatable bonds is 10. The molecule has 6 nitrogen and oxygen atoms in total. The number of amides is 1. The zero-order valence-corrected chi connectivity index (χ0v) is 19.9. The van der Waals surface area contributed by atoms with Crippen LogP contribution in [0, 0.1) is 6.92 Å². The number of hydrogen-bond donors (Lipinski definition) is 0. The monoisotopic (exact) mass is 459 g/mol. The van der Waals surface area contributed by atoms with Gasteiger partial charge in [-0.05, 0) is 44.3 Å². The van der Waals surface area contributed by atoms with Gasteiger partial charge in [0.2, 0.25) is 5.91 Å². The summed E-state index contributed by atoms with van der Waals surface area (Å²) >= 11 is 1.46. The van der Waals surface area contributed by atoms with Crippen LogP contribution in [0.5, 0.6) is 0 Å². The maximum atomic E-state index is 13.2. The highest BCUT2D eigenvalue weighted by atomic mass is 32.2. The van der Waals surface area contributed by atoms with Crippen LogP contribution in [0.15, 0.2) is 53.4 Å². The number of nitrogens with zero attached hydrogens (tertiary/aromatic N) is 3. The van der Waals surface area contributed by atoms with E-state index in [0.29, 0.717) is 18.2 Å². The van der Waals surface area contributed by atoms with Gasteiger partial charge < -0.3 is 4.90 Å². The maximum Gasteiger partial charge on any atom is 0.229 e. The standard InChI is InChI=1S/C23H29N3O3S2/c1-4-25(5-2)15-16-26(23-24-20-8-6-7-9-21(20)30-23)22(27)14-17-31(28,29)19-12-10-18(3)11-13-19/h6-13H,4-5,14-17H2,1-3H3. The largest absolute Gasteiger partial charge is 0.302 e. The van der Waals surface area contributed by atoms with Crippen LogP contribution in [0.25, 0.3) is 10.2 Å². The summed E-state index contributed by atoms with van der Waals surface area (Å²) in [5, 5.41) is 0.617. The molecule has 8 heteroatoms. The Morgan fingerprint density at radius 3 is 2.32 bits per heavy atom. The summed E-state index contributed by atoms with van der Waals surface area (Å²) in [6, 6.07) is 14.5. The minimum Gasteiger partial charge on any atom is -0.302 e. The van der Waals surface area contributed by atoms with Gasteiger partial charge in [-0.25, -0.2) is 13.4 Å². The van der Waals surface area contributed by atoms with Gasteiger partial charge >= 0.3 is 0 Å². The van der Waals surface area contributed by atoms with Crippen LogP contribution in [0.3, 0.4) is 0 Å². The molecule has 0 aliphatic rings. The third-order valence-corrected chi connectivity index (χ3v) is 8.10. The van der Waals surface area contributed by atoms with Crippen LogP contribution < -0.4 is 4.90 Å². The maximum absolute atomic E-state index is 13.2. The molecule has 0 saturated carbocycles. The molecular weight excluding hydrogens is 430 g/mol. The van der Waals surface area contributed by atoms with E-state index >= 15 is 0 Å². The highest BCUT2D eigenvalue weighted by Crippen LogP contribution is 2.29. The molecule has 0 fully saturated rings. The first kappa shape index (κ1) is 23.4. The predicted molar refractivity (Wildman–Crippen MR) is 128 cm³/mol. The summed E-state index contributed by atoms with van der Waals surface area (Å²) in [5.74, 6) is -0.441. The molecule has 0 aliphatic carbocycles. The number of likely N-dealkylation sites (N-methyl/N-ethyl adjacent to an activating group) is 1. The fraction of sp³-hybridized carbons (Fsp3) is 0.391. The Balaban J connectivity index is 1.78. The van der Waals surface area contributed by atoms with Crippen LogP contribution in [-0.4, -0.2) is 56.1 Å². The van der Waals surface area contributed by atoms with Crippen molar-refractivity contribution < 1.29 is 13.2 Å². The normalized spacial score (nSPS) is 11.9. The third-order valence-electron chi connectivity index (χ3n) is 5.31. The predicted octanol–water partition coefficient (Wildman–Crippen LogP) is 4.14. The van der Waals surface area contributed by atoms with E-state index in [1.165, 1.54) is 11.3 Å². The van der Waals surface area contributed by atoms with E-state index in [1.54, 1.807) is 29.2 Å². The summed E-state index contributed by atoms with van der Waals surface area (Å²) in [4.78, 5) is 21.9. The molecule has 2 aromatic carbocycles. The van der Waals surface area contributed by atoms with Crippen molar-refractivity contribution in [3.8, 4) is 0 Å². The molecule has 0 radical (unpaired) electrons. The number of para-hydroxylation sites is 1. The number of anilines is 1. The van der Waals surface area contributed by atoms with Gasteiger partial charge in [0, 0.05) is 19.5 Å². The van der Waals surface area contributed by atoms with Crippen molar-refractivity contribution in [2.24, 2.45) is 0 Å². The molecule has 0 unspecified atom stereocenters. The van der Waals surface area contributed by atoms with Gasteiger partial charge in [-0.1, -0.05) is 55.0 Å². The van der Waals surface area contributed by atoms with Crippen LogP contribution in [0.1, 0.15) is 25.8 Å². The molecule has 0 bridgehead atoms. The minimum atomic E-state index is -3.53. The highest BCUT2D eigenvalue weighted by Gasteiger charge is 2.23. The second-order valence-corrected chi connectivity index (χ2v) is 10.5. The number of hydrogen-bond acceptors (Lipinski definition) is 6. The molecule has 0 saturated heterocycles. The quantitative estimate of drug-likeness (QED) is 0.456. The number of carbonyl (C=O) groups is 1. The van der Waals surface area contributed by atoms with E-state index in [9.17, 15) is 13.2 Å². The molecule has 0 aliphatic heterocycles. The molecule has 31 heavy (non-hydrogen) atoms. The number of sulfone groups is 1. The van der Waals surface area contributed by atoms with Crippen molar-refractivity contribution in [1.82, 2.24) is 9.88 Å². The van der Waals surface area contributed by atoms with E-state index in [0.717, 1.165) is 28.9 Å². The van der Waals surface area contributed by atoms with Gasteiger partial charge in [-0.2, -0.15) is 0 Å². The van der Waals surface area contributed by atoms with Crippen LogP contribution in [0.4, 0.5) is 5.13 Å². The Hall–Kier alpha value is -2.29. The smallest absolute Gasteiger partial charge is 0.229 e. The molecule has 166 valence electrons. The Bertz CT molecular complexity index is 1090. The number of benzene rings is 2. The zero-order valence-electron chi connectivity index (χ0n) is 18.2. The van der Waals surface area contributed by atoms with Crippen molar-refractivity contribution in [3.63, 3.8) is 0 Å². The number of fused-ring (bicyclic) bond motifs is 1. The summed E-state index contributed by atoms with van der Waals surface area (Å²) in [5.41, 5.74) is 1.84. The first-order chi connectivity index (χ1) is 14.8. The molecular formula is C23H29N3O3S2. The zero-order chi connectivity index (χ0) is 22.4. The van der Waals surface area contributed by atoms with E-state index in [2.05, 4.69) is 23.7 Å². The van der Waals surface area contributed by atoms with Crippen LogP contribution in [-0.2, 0) is 14.6 Å². The van der Waals surface area contributed by atoms with Crippen LogP contribution in [0.2, 0.25) is 0 Å². The SMILES string of the molecule is CCN(CC)CCN(C(=O)CCS(=O)(=O)c1ccc(C)cc1)c1nc2ccccc2s1. The van der Waals surface area contributed by atoms with Gasteiger partial charge in [0.05, 0.1) is 20.9 Å². The Labute approximate surface area is 188 Å². The molecule has 0 N–H and O–H groups in total. The molecule has 1 aromatic heterocycles. The van der Waals surface area contributed by atoms with Crippen molar-refractivity contribution >= 4 is 42.4 Å². The van der Waals surface area contributed by atoms with Gasteiger partial charge in [0.15, 0.2) is 15.0 Å². The highest BCUT2D eigenvalue weighted by molar-refractivity contribution is 7.91. The molecule has 3 rings (SSSR count). The average molecular weight is 460 g/mol. The molecule has 0 atom stereocenters. The summed E-state index contributed by atoms with van der Waals surface area (Å²) in [6.07, 6.45) is -0.0790. The second kappa shape index (κ2) is 10.3. The van der Waals surface area contributed by atoms with Gasteiger partial charge in [0.25, 0.3) is 0 Å². The summed E-state index contributed by atoms with van der Waals surface area (Å²) in [6.45, 7) is 9.04. The molecule has 0 spiro atoms. The number of thiazole rings is 1. The van der Waals surface area contributed by atoms with E-state index in [1.807, 2.05) is 31.2 Å². The second-order valence-electron chi connectivity index (χ2n) is 7.42. The number of aromatic nitrogens is 1. The molecule has 3 aromatic rings. The van der Waals surface area contributed by atoms with E-state index in [4.69, 9.17) is 0 Å². The van der Waals surface area contributed by atoms with Crippen molar-refractivity contribution in [2.75, 3.05) is 36.8 Å². The lowest BCUT2D eigenvalue weighted by Gasteiger charge is -2.24. The molecule has 1 amide bonds. The average Bonchev–Trinajstić information content (AvgIpc) is 3.19. The molecule has 1 heterocycles. The lowest BCUT2D eigenvalue weighted by molar-refractivity contribution is -0.118. The number of aryl methyl sites for hydroxylation is 1. The Morgan fingerprint density at radius 1 is 1.00 bits per heavy atom. The fourth-order valence-corrected chi connectivity index (χ4v) is 5.54. The van der Waals surface area contributed by atoms with Crippen molar-refractivity contribution in [2.45, 2.75) is 32.1 Å². The third kappa shape index (κ3) is 5.90. The Kier molecular flexibility index (Phi) is 7.80. The minimum absolute atomic E-state index is 0.0790. The lowest BCUT2D eigenvalue weighted by atomic mass is 10.2. The lowest BCUT2D eigenvalue weighted by Crippen LogP contribution is -2.39. The Morgan fingerprint density at radius 2 is 1.68 bits per heavy atom. The van der Waals surface area contributed by atoms with E-state index in [-0.39, 0.29) is 23.0 Å². The summed E-state index contributed by atoms with van der Waals surface area (Å²) < 4.78 is 26.4. The first-order valence-electron chi connectivity index (χ1n) is 10.5. The fourth-order valence-electron chi connectivity index (χ4n) is 3.30. The van der Waals surface area contributed by atoms with Gasteiger partial charge in [-0.3, -0.25) is 9.69 Å². The number of carbonyl (C=O) groups excluding carboxylic acids is 1. The topological polar surface area (TPSA) is 70.6 Å². The summed E-state index contributed by atoms with van der Waals surface area (Å²) in [7, 11) is -3.53. The van der Waals surface area contributed by atoms with Gasteiger partial charge in [-0.15, -0.1) is 0 Å². The van der Waals surface area contributed by atoms with E-state index < -0.39 is 9.84 Å².